The van der Waals surface area contributed by atoms with Crippen molar-refractivity contribution < 1.29 is 19.1 Å². The number of nitrogens with zero attached hydrogens (tertiary/aromatic N) is 2. The first-order valence-electron chi connectivity index (χ1n) is 11.2. The van der Waals surface area contributed by atoms with Crippen LogP contribution < -0.4 is 10.1 Å². The fourth-order valence-corrected chi connectivity index (χ4v) is 4.06. The number of ether oxygens (including phenoxy) is 1. The fourth-order valence-electron chi connectivity index (χ4n) is 4.06. The Labute approximate surface area is 188 Å². The first-order chi connectivity index (χ1) is 15.5. The van der Waals surface area contributed by atoms with Crippen LogP contribution in [-0.4, -0.2) is 60.3 Å². The number of fused-ring (bicyclic) bond motifs is 1. The van der Waals surface area contributed by atoms with Crippen molar-refractivity contribution >= 4 is 23.4 Å². The third-order valence-corrected chi connectivity index (χ3v) is 5.99. The molecule has 0 unspecified atom stereocenters. The maximum Gasteiger partial charge on any atom is 0.253 e. The molecule has 0 aliphatic carbocycles. The van der Waals surface area contributed by atoms with Gasteiger partial charge in [-0.25, -0.2) is 0 Å². The van der Waals surface area contributed by atoms with E-state index in [1.165, 1.54) is 0 Å². The summed E-state index contributed by atoms with van der Waals surface area (Å²) < 4.78 is 5.81. The molecule has 0 bridgehead atoms. The van der Waals surface area contributed by atoms with E-state index in [1.54, 1.807) is 0 Å². The second kappa shape index (κ2) is 9.85. The number of rotatable bonds is 6. The van der Waals surface area contributed by atoms with E-state index in [2.05, 4.69) is 5.32 Å². The van der Waals surface area contributed by atoms with Crippen molar-refractivity contribution in [1.82, 2.24) is 9.80 Å². The van der Waals surface area contributed by atoms with Gasteiger partial charge in [-0.05, 0) is 55.7 Å². The molecular formula is C25H29N3O4. The number of benzene rings is 2. The standard InChI is InChI=1S/C25H29N3O4/c1-18-4-6-19(7-5-18)25(31)28-14-12-27(13-15-28)24(30)3-2-16-32-21-9-10-22-20(17-21)8-11-23(29)26-22/h4-7,9-10,17H,2-3,8,11-16H2,1H3,(H,26,29). The van der Waals surface area contributed by atoms with Crippen LogP contribution in [0.4, 0.5) is 5.69 Å². The predicted molar refractivity (Wildman–Crippen MR) is 122 cm³/mol. The highest BCUT2D eigenvalue weighted by atomic mass is 16.5. The van der Waals surface area contributed by atoms with Gasteiger partial charge in [0.15, 0.2) is 0 Å². The topological polar surface area (TPSA) is 79.0 Å². The van der Waals surface area contributed by atoms with E-state index in [4.69, 9.17) is 4.74 Å². The molecule has 1 saturated heterocycles. The number of piperazine rings is 1. The molecule has 4 rings (SSSR count). The van der Waals surface area contributed by atoms with Gasteiger partial charge in [0.05, 0.1) is 6.61 Å². The summed E-state index contributed by atoms with van der Waals surface area (Å²) in [6.07, 6.45) is 2.27. The number of hydrogen-bond acceptors (Lipinski definition) is 4. The third-order valence-electron chi connectivity index (χ3n) is 5.99. The highest BCUT2D eigenvalue weighted by molar-refractivity contribution is 5.94. The second-order valence-corrected chi connectivity index (χ2v) is 8.36. The SMILES string of the molecule is Cc1ccc(C(=O)N2CCN(C(=O)CCCOc3ccc4c(c3)CCC(=O)N4)CC2)cc1. The van der Waals surface area contributed by atoms with Crippen LogP contribution in [0.2, 0.25) is 0 Å². The molecule has 3 amide bonds. The van der Waals surface area contributed by atoms with Crippen LogP contribution in [0.1, 0.15) is 40.7 Å². The largest absolute Gasteiger partial charge is 0.494 e. The first kappa shape index (κ1) is 21.9. The van der Waals surface area contributed by atoms with Crippen molar-refractivity contribution in [2.45, 2.75) is 32.6 Å². The molecule has 0 radical (unpaired) electrons. The second-order valence-electron chi connectivity index (χ2n) is 8.36. The molecule has 0 spiro atoms. The molecule has 1 N–H and O–H groups in total. The van der Waals surface area contributed by atoms with E-state index >= 15 is 0 Å². The van der Waals surface area contributed by atoms with Gasteiger partial charge in [0.25, 0.3) is 5.91 Å². The van der Waals surface area contributed by atoms with Gasteiger partial charge >= 0.3 is 0 Å². The molecule has 0 atom stereocenters. The Morgan fingerprint density at radius 3 is 2.44 bits per heavy atom. The Balaban J connectivity index is 1.17. The summed E-state index contributed by atoms with van der Waals surface area (Å²) in [5.74, 6) is 0.930. The number of carbonyl (C=O) groups is 3. The average molecular weight is 436 g/mol. The number of hydrogen-bond donors (Lipinski definition) is 1. The van der Waals surface area contributed by atoms with Gasteiger partial charge in [-0.15, -0.1) is 0 Å². The lowest BCUT2D eigenvalue weighted by Crippen LogP contribution is -2.50. The van der Waals surface area contributed by atoms with Gasteiger partial charge in [0.2, 0.25) is 11.8 Å². The van der Waals surface area contributed by atoms with Crippen LogP contribution in [0.15, 0.2) is 42.5 Å². The third kappa shape index (κ3) is 5.28. The lowest BCUT2D eigenvalue weighted by molar-refractivity contribution is -0.132. The molecule has 32 heavy (non-hydrogen) atoms. The van der Waals surface area contributed by atoms with Crippen LogP contribution in [0.25, 0.3) is 0 Å². The molecule has 2 aromatic rings. The molecule has 2 aliphatic rings. The van der Waals surface area contributed by atoms with Crippen LogP contribution in [0.3, 0.4) is 0 Å². The van der Waals surface area contributed by atoms with E-state index in [9.17, 15) is 14.4 Å². The minimum Gasteiger partial charge on any atom is -0.494 e. The Kier molecular flexibility index (Phi) is 6.73. The Hall–Kier alpha value is -3.35. The van der Waals surface area contributed by atoms with Gasteiger partial charge in [0, 0.05) is 50.3 Å². The molecule has 2 aromatic carbocycles. The molecule has 2 heterocycles. The number of carbonyl (C=O) groups excluding carboxylic acids is 3. The molecule has 2 aliphatic heterocycles. The molecule has 1 fully saturated rings. The highest BCUT2D eigenvalue weighted by Gasteiger charge is 2.24. The van der Waals surface area contributed by atoms with Gasteiger partial charge in [0.1, 0.15) is 5.75 Å². The Morgan fingerprint density at radius 2 is 1.69 bits per heavy atom. The van der Waals surface area contributed by atoms with Crippen molar-refractivity contribution in [1.29, 1.82) is 0 Å². The lowest BCUT2D eigenvalue weighted by atomic mass is 10.0. The zero-order valence-electron chi connectivity index (χ0n) is 18.4. The molecule has 7 nitrogen and oxygen atoms in total. The van der Waals surface area contributed by atoms with Crippen molar-refractivity contribution in [2.24, 2.45) is 0 Å². The lowest BCUT2D eigenvalue weighted by Gasteiger charge is -2.35. The summed E-state index contributed by atoms with van der Waals surface area (Å²) in [6, 6.07) is 13.3. The fraction of sp³-hybridized carbons (Fsp3) is 0.400. The normalized spacial score (nSPS) is 15.7. The molecule has 7 heteroatoms. The van der Waals surface area contributed by atoms with E-state index in [-0.39, 0.29) is 17.7 Å². The van der Waals surface area contributed by atoms with Gasteiger partial charge in [-0.3, -0.25) is 14.4 Å². The van der Waals surface area contributed by atoms with E-state index in [0.717, 1.165) is 29.0 Å². The monoisotopic (exact) mass is 435 g/mol. The van der Waals surface area contributed by atoms with E-state index in [1.807, 2.05) is 59.2 Å². The molecule has 168 valence electrons. The first-order valence-corrected chi connectivity index (χ1v) is 11.2. The van der Waals surface area contributed by atoms with Crippen molar-refractivity contribution in [3.63, 3.8) is 0 Å². The van der Waals surface area contributed by atoms with Crippen molar-refractivity contribution in [2.75, 3.05) is 38.1 Å². The quantitative estimate of drug-likeness (QED) is 0.708. The van der Waals surface area contributed by atoms with Gasteiger partial charge in [-0.1, -0.05) is 17.7 Å². The number of nitrogens with one attached hydrogen (secondary N) is 1. The van der Waals surface area contributed by atoms with Gasteiger partial charge in [-0.2, -0.15) is 0 Å². The summed E-state index contributed by atoms with van der Waals surface area (Å²) in [7, 11) is 0. The summed E-state index contributed by atoms with van der Waals surface area (Å²) in [6.45, 7) is 4.70. The molecule has 0 saturated carbocycles. The van der Waals surface area contributed by atoms with Crippen molar-refractivity contribution in [3.05, 3.63) is 59.2 Å². The summed E-state index contributed by atoms with van der Waals surface area (Å²) in [4.78, 5) is 40.3. The summed E-state index contributed by atoms with van der Waals surface area (Å²) in [5, 5.41) is 2.86. The molecular weight excluding hydrogens is 406 g/mol. The maximum atomic E-state index is 12.6. The maximum absolute atomic E-state index is 12.6. The number of anilines is 1. The van der Waals surface area contributed by atoms with Crippen LogP contribution >= 0.6 is 0 Å². The Morgan fingerprint density at radius 1 is 0.969 bits per heavy atom. The van der Waals surface area contributed by atoms with Gasteiger partial charge < -0.3 is 19.9 Å². The van der Waals surface area contributed by atoms with Crippen LogP contribution in [0.5, 0.6) is 5.75 Å². The van der Waals surface area contributed by atoms with E-state index in [0.29, 0.717) is 57.6 Å². The van der Waals surface area contributed by atoms with E-state index < -0.39 is 0 Å². The van der Waals surface area contributed by atoms with Crippen LogP contribution in [-0.2, 0) is 16.0 Å². The average Bonchev–Trinajstić information content (AvgIpc) is 2.82. The van der Waals surface area contributed by atoms with Crippen LogP contribution in [0, 0.1) is 6.92 Å². The number of aryl methyl sites for hydroxylation is 2. The number of amides is 3. The predicted octanol–water partition coefficient (Wildman–Crippen LogP) is 3.02. The highest BCUT2D eigenvalue weighted by Crippen LogP contribution is 2.26. The van der Waals surface area contributed by atoms with Crippen molar-refractivity contribution in [3.8, 4) is 5.75 Å². The molecule has 0 aromatic heterocycles. The Bertz CT molecular complexity index is 995. The minimum absolute atomic E-state index is 0.0233. The zero-order valence-corrected chi connectivity index (χ0v) is 18.4. The smallest absolute Gasteiger partial charge is 0.253 e. The summed E-state index contributed by atoms with van der Waals surface area (Å²) in [5.41, 5.74) is 3.75. The zero-order chi connectivity index (χ0) is 22.5. The summed E-state index contributed by atoms with van der Waals surface area (Å²) >= 11 is 0. The minimum atomic E-state index is 0.0233.